The Labute approximate surface area is 182 Å². The Morgan fingerprint density at radius 2 is 1.16 bits per heavy atom. The van der Waals surface area contributed by atoms with Crippen LogP contribution < -0.4 is 4.74 Å². The lowest BCUT2D eigenvalue weighted by Gasteiger charge is -2.13. The summed E-state index contributed by atoms with van der Waals surface area (Å²) in [6, 6.07) is 39.1. The SMILES string of the molecule is COc1ccccc1-c1c(-c2ccccc2)nn(-c2ccccc2)c1-c1ccccc1. The zero-order valence-electron chi connectivity index (χ0n) is 17.3. The number of nitrogens with zero attached hydrogens (tertiary/aromatic N) is 2. The third-order valence-corrected chi connectivity index (χ3v) is 5.36. The van der Waals surface area contributed by atoms with Crippen LogP contribution >= 0.6 is 0 Å². The zero-order chi connectivity index (χ0) is 21.0. The fourth-order valence-corrected chi connectivity index (χ4v) is 3.94. The molecule has 0 radical (unpaired) electrons. The van der Waals surface area contributed by atoms with E-state index in [0.717, 1.165) is 45.1 Å². The van der Waals surface area contributed by atoms with Crippen molar-refractivity contribution in [1.29, 1.82) is 0 Å². The number of hydrogen-bond acceptors (Lipinski definition) is 2. The molecule has 3 nitrogen and oxygen atoms in total. The summed E-state index contributed by atoms with van der Waals surface area (Å²) in [5.41, 5.74) is 7.21. The third kappa shape index (κ3) is 3.51. The minimum Gasteiger partial charge on any atom is -0.496 e. The van der Waals surface area contributed by atoms with Gasteiger partial charge < -0.3 is 4.74 Å². The van der Waals surface area contributed by atoms with Crippen molar-refractivity contribution in [3.8, 4) is 45.1 Å². The predicted octanol–water partition coefficient (Wildman–Crippen LogP) is 6.88. The Bertz CT molecular complexity index is 1290. The van der Waals surface area contributed by atoms with E-state index in [4.69, 9.17) is 9.84 Å². The van der Waals surface area contributed by atoms with Gasteiger partial charge in [0.15, 0.2) is 0 Å². The second-order valence-corrected chi connectivity index (χ2v) is 7.25. The normalized spacial score (nSPS) is 10.7. The number of para-hydroxylation sites is 2. The van der Waals surface area contributed by atoms with E-state index in [1.807, 2.05) is 65.3 Å². The molecule has 31 heavy (non-hydrogen) atoms. The van der Waals surface area contributed by atoms with Gasteiger partial charge >= 0.3 is 0 Å². The number of hydrogen-bond donors (Lipinski definition) is 0. The number of methoxy groups -OCH3 is 1. The summed E-state index contributed by atoms with van der Waals surface area (Å²) in [6.45, 7) is 0. The van der Waals surface area contributed by atoms with Gasteiger partial charge in [0.2, 0.25) is 0 Å². The Hall–Kier alpha value is -4.11. The molecule has 0 aliphatic rings. The maximum atomic E-state index is 5.76. The molecule has 0 N–H and O–H groups in total. The second kappa shape index (κ2) is 8.33. The molecule has 0 spiro atoms. The summed E-state index contributed by atoms with van der Waals surface area (Å²) in [7, 11) is 1.71. The minimum atomic E-state index is 0.824. The van der Waals surface area contributed by atoms with Crippen molar-refractivity contribution in [3.05, 3.63) is 115 Å². The van der Waals surface area contributed by atoms with E-state index in [2.05, 4.69) is 54.6 Å². The Kier molecular flexibility index (Phi) is 5.07. The average molecular weight is 402 g/mol. The number of aromatic nitrogens is 2. The zero-order valence-corrected chi connectivity index (χ0v) is 17.3. The molecule has 0 aliphatic heterocycles. The largest absolute Gasteiger partial charge is 0.496 e. The molecule has 5 aromatic rings. The van der Waals surface area contributed by atoms with Gasteiger partial charge in [-0.15, -0.1) is 0 Å². The van der Waals surface area contributed by atoms with Crippen molar-refractivity contribution < 1.29 is 4.74 Å². The summed E-state index contributed by atoms with van der Waals surface area (Å²) in [4.78, 5) is 0. The van der Waals surface area contributed by atoms with Crippen LogP contribution in [0.4, 0.5) is 0 Å². The Morgan fingerprint density at radius 1 is 0.613 bits per heavy atom. The van der Waals surface area contributed by atoms with Gasteiger partial charge in [-0.1, -0.05) is 97.1 Å². The number of ether oxygens (including phenoxy) is 1. The van der Waals surface area contributed by atoms with Crippen LogP contribution in [0.3, 0.4) is 0 Å². The lowest BCUT2D eigenvalue weighted by molar-refractivity contribution is 0.416. The van der Waals surface area contributed by atoms with Crippen molar-refractivity contribution in [2.45, 2.75) is 0 Å². The first-order valence-corrected chi connectivity index (χ1v) is 10.3. The highest BCUT2D eigenvalue weighted by atomic mass is 16.5. The molecule has 0 aliphatic carbocycles. The van der Waals surface area contributed by atoms with Crippen LogP contribution in [0.15, 0.2) is 115 Å². The third-order valence-electron chi connectivity index (χ3n) is 5.36. The molecule has 0 fully saturated rings. The summed E-state index contributed by atoms with van der Waals surface area (Å²) in [6.07, 6.45) is 0. The van der Waals surface area contributed by atoms with E-state index in [1.54, 1.807) is 7.11 Å². The monoisotopic (exact) mass is 402 g/mol. The molecule has 0 unspecified atom stereocenters. The van der Waals surface area contributed by atoms with Gasteiger partial charge in [0, 0.05) is 22.3 Å². The summed E-state index contributed by atoms with van der Waals surface area (Å²) < 4.78 is 7.80. The van der Waals surface area contributed by atoms with E-state index in [9.17, 15) is 0 Å². The predicted molar refractivity (Wildman–Crippen MR) is 126 cm³/mol. The van der Waals surface area contributed by atoms with Crippen LogP contribution in [0.25, 0.3) is 39.3 Å². The van der Waals surface area contributed by atoms with Crippen molar-refractivity contribution >= 4 is 0 Å². The van der Waals surface area contributed by atoms with Crippen LogP contribution in [0.5, 0.6) is 5.75 Å². The second-order valence-electron chi connectivity index (χ2n) is 7.25. The van der Waals surface area contributed by atoms with E-state index in [0.29, 0.717) is 0 Å². The van der Waals surface area contributed by atoms with Gasteiger partial charge in [-0.05, 0) is 18.2 Å². The van der Waals surface area contributed by atoms with E-state index < -0.39 is 0 Å². The van der Waals surface area contributed by atoms with E-state index in [1.165, 1.54) is 0 Å². The van der Waals surface area contributed by atoms with Crippen molar-refractivity contribution in [3.63, 3.8) is 0 Å². The van der Waals surface area contributed by atoms with E-state index in [-0.39, 0.29) is 0 Å². The quantitative estimate of drug-likeness (QED) is 0.320. The molecule has 0 bridgehead atoms. The fourth-order valence-electron chi connectivity index (χ4n) is 3.94. The van der Waals surface area contributed by atoms with Gasteiger partial charge in [0.1, 0.15) is 11.4 Å². The van der Waals surface area contributed by atoms with E-state index >= 15 is 0 Å². The average Bonchev–Trinajstić information content (AvgIpc) is 3.26. The van der Waals surface area contributed by atoms with Gasteiger partial charge in [0.25, 0.3) is 0 Å². The lowest BCUT2D eigenvalue weighted by Crippen LogP contribution is -1.99. The molecule has 0 atom stereocenters. The maximum absolute atomic E-state index is 5.76. The molecule has 0 saturated carbocycles. The highest BCUT2D eigenvalue weighted by molar-refractivity contribution is 5.94. The first kappa shape index (κ1) is 18.9. The van der Waals surface area contributed by atoms with Crippen molar-refractivity contribution in [2.24, 2.45) is 0 Å². The molecule has 3 heteroatoms. The van der Waals surface area contributed by atoms with Crippen molar-refractivity contribution in [1.82, 2.24) is 9.78 Å². The van der Waals surface area contributed by atoms with Crippen LogP contribution in [0.2, 0.25) is 0 Å². The maximum Gasteiger partial charge on any atom is 0.126 e. The van der Waals surface area contributed by atoms with Gasteiger partial charge in [0.05, 0.1) is 18.5 Å². The summed E-state index contributed by atoms with van der Waals surface area (Å²) >= 11 is 0. The standard InChI is InChI=1S/C28H22N2O/c1-31-25-20-12-11-19-24(25)26-27(21-13-5-2-6-14-21)29-30(23-17-9-4-10-18-23)28(26)22-15-7-3-8-16-22/h2-20H,1H3. The first-order valence-electron chi connectivity index (χ1n) is 10.3. The Morgan fingerprint density at radius 3 is 1.81 bits per heavy atom. The van der Waals surface area contributed by atoms with Crippen LogP contribution in [0, 0.1) is 0 Å². The van der Waals surface area contributed by atoms with Crippen LogP contribution in [-0.2, 0) is 0 Å². The molecule has 4 aromatic carbocycles. The molecule has 0 amide bonds. The molecular formula is C28H22N2O. The van der Waals surface area contributed by atoms with Crippen molar-refractivity contribution in [2.75, 3.05) is 7.11 Å². The molecule has 150 valence electrons. The minimum absolute atomic E-state index is 0.824. The smallest absolute Gasteiger partial charge is 0.126 e. The molecular weight excluding hydrogens is 380 g/mol. The summed E-state index contributed by atoms with van der Waals surface area (Å²) in [5.74, 6) is 0.824. The topological polar surface area (TPSA) is 27.1 Å². The molecule has 0 saturated heterocycles. The summed E-state index contributed by atoms with van der Waals surface area (Å²) in [5, 5.41) is 5.14. The van der Waals surface area contributed by atoms with Crippen LogP contribution in [0.1, 0.15) is 0 Å². The number of benzene rings is 4. The molecule has 5 rings (SSSR count). The Balaban J connectivity index is 1.91. The van der Waals surface area contributed by atoms with Gasteiger partial charge in [-0.2, -0.15) is 5.10 Å². The highest BCUT2D eigenvalue weighted by Gasteiger charge is 2.24. The van der Waals surface area contributed by atoms with Gasteiger partial charge in [-0.3, -0.25) is 0 Å². The van der Waals surface area contributed by atoms with Gasteiger partial charge in [-0.25, -0.2) is 4.68 Å². The molecule has 1 heterocycles. The first-order chi connectivity index (χ1) is 15.4. The van der Waals surface area contributed by atoms with Crippen LogP contribution in [-0.4, -0.2) is 16.9 Å². The highest BCUT2D eigenvalue weighted by Crippen LogP contribution is 2.44. The molecule has 1 aromatic heterocycles. The lowest BCUT2D eigenvalue weighted by atomic mass is 9.95. The fraction of sp³-hybridized carbons (Fsp3) is 0.0357. The number of rotatable bonds is 5.